The van der Waals surface area contributed by atoms with Crippen LogP contribution in [-0.2, 0) is 9.53 Å². The molecule has 2 nitrogen and oxygen atoms in total. The molecule has 5 aliphatic rings. The van der Waals surface area contributed by atoms with Gasteiger partial charge in [0.15, 0.2) is 5.78 Å². The van der Waals surface area contributed by atoms with Crippen molar-refractivity contribution in [1.29, 1.82) is 0 Å². The average molecular weight is 399 g/mol. The van der Waals surface area contributed by atoms with E-state index < -0.39 is 0 Å². The summed E-state index contributed by atoms with van der Waals surface area (Å²) in [4.78, 5) is 12.1. The van der Waals surface area contributed by atoms with Crippen LogP contribution in [0.15, 0.2) is 11.6 Å². The standard InChI is InChI=1S/C27H42O2/c1-5-16-29-27(4,18-6-7-18)24-11-10-22-21-9-8-19-17-20(28)12-14-25(19,2)23(21)13-15-26(22,24)3/h17-18,21-24H,5-16H2,1-4H3. The number of ether oxygens (including phenoxy) is 1. The van der Waals surface area contributed by atoms with Gasteiger partial charge in [-0.15, -0.1) is 0 Å². The Kier molecular flexibility index (Phi) is 4.85. The van der Waals surface area contributed by atoms with Crippen LogP contribution < -0.4 is 0 Å². The number of fused-ring (bicyclic) bond motifs is 5. The zero-order valence-electron chi connectivity index (χ0n) is 19.3. The van der Waals surface area contributed by atoms with Crippen molar-refractivity contribution in [3.05, 3.63) is 11.6 Å². The van der Waals surface area contributed by atoms with Crippen molar-refractivity contribution in [2.45, 2.75) is 104 Å². The molecule has 0 saturated heterocycles. The number of hydrogen-bond acceptors (Lipinski definition) is 2. The first-order valence-electron chi connectivity index (χ1n) is 12.7. The van der Waals surface area contributed by atoms with Crippen LogP contribution in [0.25, 0.3) is 0 Å². The molecule has 4 saturated carbocycles. The van der Waals surface area contributed by atoms with Gasteiger partial charge in [0, 0.05) is 13.0 Å². The number of rotatable bonds is 5. The molecule has 0 aromatic carbocycles. The van der Waals surface area contributed by atoms with Crippen molar-refractivity contribution < 1.29 is 9.53 Å². The van der Waals surface area contributed by atoms with Crippen molar-refractivity contribution in [2.24, 2.45) is 40.4 Å². The molecule has 0 aromatic heterocycles. The van der Waals surface area contributed by atoms with Crippen molar-refractivity contribution in [3.63, 3.8) is 0 Å². The van der Waals surface area contributed by atoms with E-state index in [1.165, 1.54) is 56.9 Å². The van der Waals surface area contributed by atoms with Crippen molar-refractivity contribution >= 4 is 5.78 Å². The first kappa shape index (κ1) is 20.3. The fraction of sp³-hybridized carbons (Fsp3) is 0.889. The molecule has 29 heavy (non-hydrogen) atoms. The van der Waals surface area contributed by atoms with Gasteiger partial charge in [0.25, 0.3) is 0 Å². The van der Waals surface area contributed by atoms with Crippen molar-refractivity contribution in [3.8, 4) is 0 Å². The second-order valence-corrected chi connectivity index (χ2v) is 11.9. The highest BCUT2D eigenvalue weighted by Gasteiger charge is 2.64. The fourth-order valence-electron chi connectivity index (χ4n) is 8.98. The maximum atomic E-state index is 12.1. The SMILES string of the molecule is CCCOC(C)(C1CC1)C1CCC2C3CCC4=CC(=O)CCC4(C)C3CCC21C. The highest BCUT2D eigenvalue weighted by Crippen LogP contribution is 2.69. The van der Waals surface area contributed by atoms with E-state index in [0.29, 0.717) is 16.6 Å². The molecule has 0 heterocycles. The minimum atomic E-state index is 0.104. The van der Waals surface area contributed by atoms with E-state index in [0.717, 1.165) is 55.5 Å². The van der Waals surface area contributed by atoms with Gasteiger partial charge in [-0.1, -0.05) is 26.3 Å². The second kappa shape index (κ2) is 6.94. The van der Waals surface area contributed by atoms with Crippen molar-refractivity contribution in [2.75, 3.05) is 6.61 Å². The molecule has 2 heteroatoms. The lowest BCUT2D eigenvalue weighted by Crippen LogP contribution is -2.54. The van der Waals surface area contributed by atoms with Crippen LogP contribution in [0.5, 0.6) is 0 Å². The van der Waals surface area contributed by atoms with E-state index >= 15 is 0 Å². The van der Waals surface area contributed by atoms with Gasteiger partial charge in [-0.3, -0.25) is 4.79 Å². The van der Waals surface area contributed by atoms with Gasteiger partial charge < -0.3 is 4.74 Å². The largest absolute Gasteiger partial charge is 0.375 e. The summed E-state index contributed by atoms with van der Waals surface area (Å²) in [7, 11) is 0. The molecule has 5 rings (SSSR count). The summed E-state index contributed by atoms with van der Waals surface area (Å²) in [5.41, 5.74) is 2.36. The van der Waals surface area contributed by atoms with Gasteiger partial charge in [-0.25, -0.2) is 0 Å². The number of allylic oxidation sites excluding steroid dienone is 1. The Bertz CT molecular complexity index is 705. The maximum absolute atomic E-state index is 12.1. The molecule has 7 atom stereocenters. The fourth-order valence-corrected chi connectivity index (χ4v) is 8.98. The average Bonchev–Trinajstić information content (AvgIpc) is 3.49. The highest BCUT2D eigenvalue weighted by molar-refractivity contribution is 5.91. The summed E-state index contributed by atoms with van der Waals surface area (Å²) in [6.07, 6.45) is 15.8. The van der Waals surface area contributed by atoms with Gasteiger partial charge in [-0.2, -0.15) is 0 Å². The smallest absolute Gasteiger partial charge is 0.155 e. The van der Waals surface area contributed by atoms with Crippen LogP contribution in [0.2, 0.25) is 0 Å². The summed E-state index contributed by atoms with van der Waals surface area (Å²) in [6.45, 7) is 10.8. The molecule has 7 unspecified atom stereocenters. The van der Waals surface area contributed by atoms with Gasteiger partial charge in [0.2, 0.25) is 0 Å². The number of carbonyl (C=O) groups is 1. The van der Waals surface area contributed by atoms with Crippen LogP contribution in [0.3, 0.4) is 0 Å². The van der Waals surface area contributed by atoms with Gasteiger partial charge in [0.1, 0.15) is 0 Å². The molecule has 0 N–H and O–H groups in total. The van der Waals surface area contributed by atoms with Crippen LogP contribution in [0.1, 0.15) is 98.3 Å². The molecule has 4 fully saturated rings. The lowest BCUT2D eigenvalue weighted by molar-refractivity contribution is -0.144. The third-order valence-corrected chi connectivity index (χ3v) is 10.7. The molecular formula is C27H42O2. The summed E-state index contributed by atoms with van der Waals surface area (Å²) in [5, 5.41) is 0. The normalized spacial score (nSPS) is 46.3. The van der Waals surface area contributed by atoms with Crippen molar-refractivity contribution in [1.82, 2.24) is 0 Å². The Morgan fingerprint density at radius 3 is 2.55 bits per heavy atom. The minimum absolute atomic E-state index is 0.104. The third kappa shape index (κ3) is 2.94. The quantitative estimate of drug-likeness (QED) is 0.513. The summed E-state index contributed by atoms with van der Waals surface area (Å²) < 4.78 is 6.71. The zero-order chi connectivity index (χ0) is 20.4. The Morgan fingerprint density at radius 2 is 1.83 bits per heavy atom. The molecular weight excluding hydrogens is 356 g/mol. The number of ketones is 1. The van der Waals surface area contributed by atoms with Gasteiger partial charge in [0.05, 0.1) is 5.60 Å². The molecule has 5 aliphatic carbocycles. The lowest BCUT2D eigenvalue weighted by atomic mass is 9.46. The molecule has 0 bridgehead atoms. The molecule has 0 aromatic rings. The van der Waals surface area contributed by atoms with E-state index in [2.05, 4.69) is 27.7 Å². The zero-order valence-corrected chi connectivity index (χ0v) is 19.3. The lowest BCUT2D eigenvalue weighted by Gasteiger charge is -2.59. The Morgan fingerprint density at radius 1 is 1.03 bits per heavy atom. The first-order chi connectivity index (χ1) is 13.8. The van der Waals surface area contributed by atoms with E-state index in [1.54, 1.807) is 0 Å². The van der Waals surface area contributed by atoms with E-state index in [1.807, 2.05) is 6.08 Å². The van der Waals surface area contributed by atoms with Crippen LogP contribution in [0.4, 0.5) is 0 Å². The monoisotopic (exact) mass is 398 g/mol. The van der Waals surface area contributed by atoms with E-state index in [9.17, 15) is 4.79 Å². The highest BCUT2D eigenvalue weighted by atomic mass is 16.5. The molecule has 0 amide bonds. The summed E-state index contributed by atoms with van der Waals surface area (Å²) in [5.74, 6) is 4.45. The first-order valence-corrected chi connectivity index (χ1v) is 12.7. The summed E-state index contributed by atoms with van der Waals surface area (Å²) in [6, 6.07) is 0. The third-order valence-electron chi connectivity index (χ3n) is 10.7. The minimum Gasteiger partial charge on any atom is -0.375 e. The molecule has 0 aliphatic heterocycles. The summed E-state index contributed by atoms with van der Waals surface area (Å²) >= 11 is 0. The Balaban J connectivity index is 1.43. The molecule has 0 spiro atoms. The van der Waals surface area contributed by atoms with Crippen LogP contribution >= 0.6 is 0 Å². The maximum Gasteiger partial charge on any atom is 0.155 e. The van der Waals surface area contributed by atoms with E-state index in [-0.39, 0.29) is 5.60 Å². The molecule has 162 valence electrons. The predicted molar refractivity (Wildman–Crippen MR) is 118 cm³/mol. The molecule has 0 radical (unpaired) electrons. The number of hydrogen-bond donors (Lipinski definition) is 0. The van der Waals surface area contributed by atoms with Crippen LogP contribution in [0, 0.1) is 40.4 Å². The van der Waals surface area contributed by atoms with Gasteiger partial charge in [-0.05, 0) is 118 Å². The van der Waals surface area contributed by atoms with E-state index in [4.69, 9.17) is 4.74 Å². The Labute approximate surface area is 178 Å². The predicted octanol–water partition coefficient (Wildman–Crippen LogP) is 6.73. The van der Waals surface area contributed by atoms with Gasteiger partial charge >= 0.3 is 0 Å². The topological polar surface area (TPSA) is 26.3 Å². The number of carbonyl (C=O) groups excluding carboxylic acids is 1. The second-order valence-electron chi connectivity index (χ2n) is 11.9. The Hall–Kier alpha value is -0.630. The van der Waals surface area contributed by atoms with Crippen LogP contribution in [-0.4, -0.2) is 18.0 Å².